The summed E-state index contributed by atoms with van der Waals surface area (Å²) in [4.78, 5) is 12.2. The minimum atomic E-state index is -0.297. The van der Waals surface area contributed by atoms with Gasteiger partial charge in [0.2, 0.25) is 0 Å². The van der Waals surface area contributed by atoms with E-state index in [1.807, 2.05) is 0 Å². The maximum atomic E-state index is 12.2. The van der Waals surface area contributed by atoms with Gasteiger partial charge in [-0.25, -0.2) is 0 Å². The summed E-state index contributed by atoms with van der Waals surface area (Å²) >= 11 is 0. The van der Waals surface area contributed by atoms with Gasteiger partial charge < -0.3 is 16.3 Å². The summed E-state index contributed by atoms with van der Waals surface area (Å²) in [5.74, 6) is -0.363. The SMILES string of the molecule is Cc1c(C(=O)Nc2ccccc2/C(N)=N/O)cnn1C. The van der Waals surface area contributed by atoms with E-state index in [0.29, 0.717) is 16.8 Å². The van der Waals surface area contributed by atoms with Gasteiger partial charge in [-0.15, -0.1) is 0 Å². The molecule has 1 heterocycles. The van der Waals surface area contributed by atoms with E-state index in [9.17, 15) is 4.79 Å². The van der Waals surface area contributed by atoms with Crippen LogP contribution in [-0.4, -0.2) is 26.7 Å². The average molecular weight is 273 g/mol. The Morgan fingerprint density at radius 1 is 1.40 bits per heavy atom. The topological polar surface area (TPSA) is 106 Å². The zero-order chi connectivity index (χ0) is 14.7. The summed E-state index contributed by atoms with van der Waals surface area (Å²) in [5.41, 5.74) is 7.72. The fourth-order valence-corrected chi connectivity index (χ4v) is 1.78. The van der Waals surface area contributed by atoms with Gasteiger partial charge in [0.25, 0.3) is 5.91 Å². The lowest BCUT2D eigenvalue weighted by atomic mass is 10.1. The number of aryl methyl sites for hydroxylation is 1. The monoisotopic (exact) mass is 273 g/mol. The minimum Gasteiger partial charge on any atom is -0.409 e. The molecule has 7 heteroatoms. The van der Waals surface area contributed by atoms with E-state index in [1.54, 1.807) is 42.9 Å². The van der Waals surface area contributed by atoms with Crippen LogP contribution in [0.15, 0.2) is 35.6 Å². The van der Waals surface area contributed by atoms with Crippen molar-refractivity contribution in [2.24, 2.45) is 17.9 Å². The van der Waals surface area contributed by atoms with E-state index in [1.165, 1.54) is 6.20 Å². The van der Waals surface area contributed by atoms with Crippen LogP contribution in [0.5, 0.6) is 0 Å². The summed E-state index contributed by atoms with van der Waals surface area (Å²) in [6.45, 7) is 1.80. The first-order valence-electron chi connectivity index (χ1n) is 5.91. The molecule has 1 amide bonds. The molecule has 0 bridgehead atoms. The van der Waals surface area contributed by atoms with Gasteiger partial charge in [-0.3, -0.25) is 9.48 Å². The van der Waals surface area contributed by atoms with E-state index >= 15 is 0 Å². The molecule has 2 aromatic rings. The van der Waals surface area contributed by atoms with Crippen molar-refractivity contribution in [3.8, 4) is 0 Å². The van der Waals surface area contributed by atoms with E-state index in [0.717, 1.165) is 5.69 Å². The molecular weight excluding hydrogens is 258 g/mol. The number of aromatic nitrogens is 2. The van der Waals surface area contributed by atoms with Gasteiger partial charge in [-0.05, 0) is 19.1 Å². The molecule has 1 aromatic heterocycles. The molecule has 0 saturated carbocycles. The first-order valence-corrected chi connectivity index (χ1v) is 5.91. The van der Waals surface area contributed by atoms with Crippen molar-refractivity contribution in [2.75, 3.05) is 5.32 Å². The van der Waals surface area contributed by atoms with Gasteiger partial charge in [0.05, 0.1) is 17.4 Å². The van der Waals surface area contributed by atoms with Crippen molar-refractivity contribution in [3.05, 3.63) is 47.3 Å². The highest BCUT2D eigenvalue weighted by Crippen LogP contribution is 2.17. The fraction of sp³-hybridized carbons (Fsp3) is 0.154. The predicted molar refractivity (Wildman–Crippen MR) is 74.9 cm³/mol. The number of amides is 1. The highest BCUT2D eigenvalue weighted by Gasteiger charge is 2.15. The zero-order valence-electron chi connectivity index (χ0n) is 11.2. The lowest BCUT2D eigenvalue weighted by molar-refractivity contribution is 0.102. The van der Waals surface area contributed by atoms with Crippen molar-refractivity contribution in [3.63, 3.8) is 0 Å². The second-order valence-corrected chi connectivity index (χ2v) is 4.25. The van der Waals surface area contributed by atoms with Crippen molar-refractivity contribution < 1.29 is 10.0 Å². The quantitative estimate of drug-likeness (QED) is 0.336. The molecule has 2 rings (SSSR count). The maximum Gasteiger partial charge on any atom is 0.259 e. The first kappa shape index (κ1) is 13.6. The first-order chi connectivity index (χ1) is 9.54. The second kappa shape index (κ2) is 5.43. The molecule has 104 valence electrons. The molecule has 0 aliphatic heterocycles. The van der Waals surface area contributed by atoms with Crippen LogP contribution in [0, 0.1) is 6.92 Å². The molecule has 20 heavy (non-hydrogen) atoms. The summed E-state index contributed by atoms with van der Waals surface area (Å²) in [7, 11) is 1.76. The predicted octanol–water partition coefficient (Wildman–Crippen LogP) is 1.08. The van der Waals surface area contributed by atoms with Crippen LogP contribution in [0.2, 0.25) is 0 Å². The van der Waals surface area contributed by atoms with Gasteiger partial charge in [0, 0.05) is 18.3 Å². The largest absolute Gasteiger partial charge is 0.409 e. The van der Waals surface area contributed by atoms with Gasteiger partial charge >= 0.3 is 0 Å². The van der Waals surface area contributed by atoms with E-state index in [4.69, 9.17) is 10.9 Å². The molecule has 7 nitrogen and oxygen atoms in total. The maximum absolute atomic E-state index is 12.2. The number of rotatable bonds is 3. The number of amidine groups is 1. The summed E-state index contributed by atoms with van der Waals surface area (Å²) in [6.07, 6.45) is 1.50. The van der Waals surface area contributed by atoms with Gasteiger partial charge in [0.1, 0.15) is 0 Å². The molecule has 1 aromatic carbocycles. The molecule has 4 N–H and O–H groups in total. The summed E-state index contributed by atoms with van der Waals surface area (Å²) in [5, 5.41) is 18.4. The van der Waals surface area contributed by atoms with Crippen LogP contribution in [0.1, 0.15) is 21.6 Å². The number of nitrogens with two attached hydrogens (primary N) is 1. The highest BCUT2D eigenvalue weighted by atomic mass is 16.4. The molecule has 0 spiro atoms. The third-order valence-corrected chi connectivity index (χ3v) is 3.04. The number of hydrogen-bond donors (Lipinski definition) is 3. The third-order valence-electron chi connectivity index (χ3n) is 3.04. The molecule has 0 unspecified atom stereocenters. The Labute approximate surface area is 115 Å². The molecule has 0 atom stereocenters. The number of benzene rings is 1. The number of para-hydroxylation sites is 1. The Morgan fingerprint density at radius 3 is 2.70 bits per heavy atom. The van der Waals surface area contributed by atoms with Crippen molar-refractivity contribution >= 4 is 17.4 Å². The number of nitrogens with one attached hydrogen (secondary N) is 1. The van der Waals surface area contributed by atoms with E-state index in [2.05, 4.69) is 15.6 Å². The van der Waals surface area contributed by atoms with Crippen molar-refractivity contribution in [1.82, 2.24) is 9.78 Å². The molecule has 0 saturated heterocycles. The minimum absolute atomic E-state index is 0.0659. The van der Waals surface area contributed by atoms with Crippen molar-refractivity contribution in [1.29, 1.82) is 0 Å². The van der Waals surface area contributed by atoms with E-state index in [-0.39, 0.29) is 11.7 Å². The molecule has 0 aliphatic rings. The number of anilines is 1. The Balaban J connectivity index is 2.31. The van der Waals surface area contributed by atoms with Crippen LogP contribution in [-0.2, 0) is 7.05 Å². The highest BCUT2D eigenvalue weighted by molar-refractivity contribution is 6.10. The number of hydrogen-bond acceptors (Lipinski definition) is 4. The normalized spacial score (nSPS) is 11.4. The van der Waals surface area contributed by atoms with Crippen LogP contribution >= 0.6 is 0 Å². The van der Waals surface area contributed by atoms with E-state index < -0.39 is 0 Å². The smallest absolute Gasteiger partial charge is 0.259 e. The summed E-state index contributed by atoms with van der Waals surface area (Å²) < 4.78 is 1.62. The van der Waals surface area contributed by atoms with Gasteiger partial charge in [0.15, 0.2) is 5.84 Å². The lowest BCUT2D eigenvalue weighted by Crippen LogP contribution is -2.19. The Hall–Kier alpha value is -2.83. The van der Waals surface area contributed by atoms with Gasteiger partial charge in [-0.1, -0.05) is 17.3 Å². The molecule has 0 radical (unpaired) electrons. The second-order valence-electron chi connectivity index (χ2n) is 4.25. The number of carbonyl (C=O) groups excluding carboxylic acids is 1. The Bertz CT molecular complexity index is 675. The van der Waals surface area contributed by atoms with Crippen LogP contribution in [0.4, 0.5) is 5.69 Å². The van der Waals surface area contributed by atoms with Crippen LogP contribution in [0.3, 0.4) is 0 Å². The fourth-order valence-electron chi connectivity index (χ4n) is 1.78. The lowest BCUT2D eigenvalue weighted by Gasteiger charge is -2.09. The zero-order valence-corrected chi connectivity index (χ0v) is 11.2. The van der Waals surface area contributed by atoms with Crippen molar-refractivity contribution in [2.45, 2.75) is 6.92 Å². The number of carbonyl (C=O) groups is 1. The average Bonchev–Trinajstić information content (AvgIpc) is 2.79. The Kier molecular flexibility index (Phi) is 3.69. The molecular formula is C13H15N5O2. The van der Waals surface area contributed by atoms with Crippen LogP contribution in [0.25, 0.3) is 0 Å². The molecule has 0 aliphatic carbocycles. The number of oxime groups is 1. The number of nitrogens with zero attached hydrogens (tertiary/aromatic N) is 3. The standard InChI is InChI=1S/C13H15N5O2/c1-8-10(7-15-18(8)2)13(19)16-11-6-4-3-5-9(11)12(14)17-20/h3-7,20H,1-2H3,(H2,14,17)(H,16,19). The molecule has 0 fully saturated rings. The third kappa shape index (κ3) is 2.46. The summed E-state index contributed by atoms with van der Waals surface area (Å²) in [6, 6.07) is 6.82. The Morgan fingerprint density at radius 2 is 2.10 bits per heavy atom. The van der Waals surface area contributed by atoms with Gasteiger partial charge in [-0.2, -0.15) is 5.10 Å². The van der Waals surface area contributed by atoms with Crippen LogP contribution < -0.4 is 11.1 Å².